The zero-order valence-corrected chi connectivity index (χ0v) is 12.6. The summed E-state index contributed by atoms with van der Waals surface area (Å²) in [6.45, 7) is 5.96. The molecule has 5 heteroatoms. The predicted octanol–water partition coefficient (Wildman–Crippen LogP) is 2.88. The van der Waals surface area contributed by atoms with Gasteiger partial charge in [0, 0.05) is 12.5 Å². The minimum absolute atomic E-state index is 0.0948. The van der Waals surface area contributed by atoms with E-state index in [-0.39, 0.29) is 6.04 Å². The third-order valence-corrected chi connectivity index (χ3v) is 3.97. The van der Waals surface area contributed by atoms with Crippen LogP contribution in [0.1, 0.15) is 49.2 Å². The number of nitrogens with one attached hydrogen (secondary N) is 2. The van der Waals surface area contributed by atoms with Crippen molar-refractivity contribution in [1.82, 2.24) is 15.5 Å². The molecular weight excluding hydrogens is 264 g/mol. The molecule has 1 aliphatic carbocycles. The van der Waals surface area contributed by atoms with Gasteiger partial charge in [-0.15, -0.1) is 5.10 Å². The third-order valence-electron chi connectivity index (χ3n) is 3.97. The molecule has 0 radical (unpaired) electrons. The first-order chi connectivity index (χ1) is 10.3. The molecular formula is C16H22N4O. The van der Waals surface area contributed by atoms with Crippen molar-refractivity contribution in [2.24, 2.45) is 0 Å². The molecule has 0 spiro atoms. The molecule has 0 saturated carbocycles. The van der Waals surface area contributed by atoms with E-state index in [9.17, 15) is 0 Å². The van der Waals surface area contributed by atoms with Crippen LogP contribution in [-0.4, -0.2) is 23.3 Å². The number of aromatic nitrogens is 2. The zero-order chi connectivity index (χ0) is 14.7. The number of anilines is 1. The van der Waals surface area contributed by atoms with E-state index in [1.807, 2.05) is 6.92 Å². The van der Waals surface area contributed by atoms with Crippen molar-refractivity contribution in [1.29, 1.82) is 0 Å². The van der Waals surface area contributed by atoms with Crippen molar-refractivity contribution in [3.8, 4) is 0 Å². The molecule has 2 atom stereocenters. The molecule has 2 aromatic rings. The van der Waals surface area contributed by atoms with Crippen LogP contribution in [-0.2, 0) is 6.42 Å². The van der Waals surface area contributed by atoms with Crippen LogP contribution in [0.2, 0.25) is 0 Å². The van der Waals surface area contributed by atoms with Crippen LogP contribution in [0.3, 0.4) is 0 Å². The van der Waals surface area contributed by atoms with Crippen LogP contribution in [0.4, 0.5) is 6.01 Å². The zero-order valence-electron chi connectivity index (χ0n) is 12.6. The lowest BCUT2D eigenvalue weighted by Gasteiger charge is -2.29. The van der Waals surface area contributed by atoms with Crippen molar-refractivity contribution in [3.63, 3.8) is 0 Å². The monoisotopic (exact) mass is 286 g/mol. The van der Waals surface area contributed by atoms with E-state index < -0.39 is 0 Å². The lowest BCUT2D eigenvalue weighted by Crippen LogP contribution is -2.24. The van der Waals surface area contributed by atoms with Crippen molar-refractivity contribution >= 4 is 6.01 Å². The SMILES string of the molecule is CCCNC(C)c1nnc(NCC2Cc3ccccc32)o1. The van der Waals surface area contributed by atoms with Crippen LogP contribution >= 0.6 is 0 Å². The minimum atomic E-state index is 0.0948. The lowest BCUT2D eigenvalue weighted by molar-refractivity contribution is 0.422. The molecule has 0 bridgehead atoms. The molecule has 1 heterocycles. The van der Waals surface area contributed by atoms with Gasteiger partial charge in [-0.05, 0) is 37.4 Å². The summed E-state index contributed by atoms with van der Waals surface area (Å²) in [7, 11) is 0. The molecule has 21 heavy (non-hydrogen) atoms. The van der Waals surface area contributed by atoms with E-state index in [1.165, 1.54) is 11.1 Å². The van der Waals surface area contributed by atoms with Crippen LogP contribution in [0, 0.1) is 0 Å². The number of rotatable bonds is 7. The Hall–Kier alpha value is -1.88. The van der Waals surface area contributed by atoms with Crippen molar-refractivity contribution in [2.75, 3.05) is 18.4 Å². The molecule has 0 saturated heterocycles. The van der Waals surface area contributed by atoms with E-state index in [0.717, 1.165) is 25.9 Å². The fourth-order valence-corrected chi connectivity index (χ4v) is 2.68. The maximum atomic E-state index is 5.65. The minimum Gasteiger partial charge on any atom is -0.406 e. The Balaban J connectivity index is 1.52. The topological polar surface area (TPSA) is 63.0 Å². The number of fused-ring (bicyclic) bond motifs is 1. The van der Waals surface area contributed by atoms with E-state index in [0.29, 0.717) is 17.8 Å². The first-order valence-corrected chi connectivity index (χ1v) is 7.66. The molecule has 5 nitrogen and oxygen atoms in total. The maximum Gasteiger partial charge on any atom is 0.315 e. The van der Waals surface area contributed by atoms with Gasteiger partial charge >= 0.3 is 6.01 Å². The van der Waals surface area contributed by atoms with Crippen molar-refractivity contribution < 1.29 is 4.42 Å². The summed E-state index contributed by atoms with van der Waals surface area (Å²) in [6.07, 6.45) is 2.21. The van der Waals surface area contributed by atoms with Crippen LogP contribution < -0.4 is 10.6 Å². The molecule has 1 aliphatic rings. The van der Waals surface area contributed by atoms with E-state index in [2.05, 4.69) is 52.0 Å². The van der Waals surface area contributed by atoms with Gasteiger partial charge in [-0.2, -0.15) is 0 Å². The molecule has 1 aromatic carbocycles. The molecule has 0 fully saturated rings. The van der Waals surface area contributed by atoms with Gasteiger partial charge in [0.1, 0.15) is 0 Å². The van der Waals surface area contributed by atoms with Crippen molar-refractivity contribution in [2.45, 2.75) is 38.6 Å². The summed E-state index contributed by atoms with van der Waals surface area (Å²) < 4.78 is 5.65. The highest BCUT2D eigenvalue weighted by Gasteiger charge is 2.25. The number of hydrogen-bond donors (Lipinski definition) is 2. The van der Waals surface area contributed by atoms with Gasteiger partial charge in [-0.1, -0.05) is 36.3 Å². The van der Waals surface area contributed by atoms with Crippen LogP contribution in [0.25, 0.3) is 0 Å². The van der Waals surface area contributed by atoms with Gasteiger partial charge in [-0.3, -0.25) is 0 Å². The summed E-state index contributed by atoms with van der Waals surface area (Å²) in [5, 5.41) is 14.7. The fraction of sp³-hybridized carbons (Fsp3) is 0.500. The number of nitrogens with zero attached hydrogens (tertiary/aromatic N) is 2. The standard InChI is InChI=1S/C16H22N4O/c1-3-8-17-11(2)15-19-20-16(21-15)18-10-13-9-12-6-4-5-7-14(12)13/h4-7,11,13,17H,3,8-10H2,1-2H3,(H,18,20). The molecule has 3 rings (SSSR count). The second-order valence-electron chi connectivity index (χ2n) is 5.60. The highest BCUT2D eigenvalue weighted by atomic mass is 16.4. The summed E-state index contributed by atoms with van der Waals surface area (Å²) in [5.41, 5.74) is 2.88. The lowest BCUT2D eigenvalue weighted by atomic mass is 9.78. The van der Waals surface area contributed by atoms with Gasteiger partial charge in [0.05, 0.1) is 6.04 Å². The van der Waals surface area contributed by atoms with Gasteiger partial charge in [0.25, 0.3) is 0 Å². The van der Waals surface area contributed by atoms with Gasteiger partial charge < -0.3 is 15.1 Å². The summed E-state index contributed by atoms with van der Waals surface area (Å²) in [4.78, 5) is 0. The molecule has 2 unspecified atom stereocenters. The molecule has 2 N–H and O–H groups in total. The van der Waals surface area contributed by atoms with E-state index >= 15 is 0 Å². The number of hydrogen-bond acceptors (Lipinski definition) is 5. The first kappa shape index (κ1) is 14.1. The smallest absolute Gasteiger partial charge is 0.315 e. The Bertz CT molecular complexity index is 595. The highest BCUT2D eigenvalue weighted by molar-refractivity contribution is 5.41. The quantitative estimate of drug-likeness (QED) is 0.819. The Kier molecular flexibility index (Phi) is 4.20. The Morgan fingerprint density at radius 3 is 3.00 bits per heavy atom. The second kappa shape index (κ2) is 6.26. The van der Waals surface area contributed by atoms with E-state index in [4.69, 9.17) is 4.42 Å². The average Bonchev–Trinajstić information content (AvgIpc) is 2.95. The normalized spacial score (nSPS) is 17.9. The fourth-order valence-electron chi connectivity index (χ4n) is 2.68. The van der Waals surface area contributed by atoms with Crippen molar-refractivity contribution in [3.05, 3.63) is 41.3 Å². The van der Waals surface area contributed by atoms with Crippen LogP contribution in [0.15, 0.2) is 28.7 Å². The third kappa shape index (κ3) is 3.08. The van der Waals surface area contributed by atoms with Gasteiger partial charge in [0.2, 0.25) is 5.89 Å². The Morgan fingerprint density at radius 2 is 2.19 bits per heavy atom. The second-order valence-corrected chi connectivity index (χ2v) is 5.60. The van der Waals surface area contributed by atoms with Gasteiger partial charge in [0.15, 0.2) is 0 Å². The average molecular weight is 286 g/mol. The van der Waals surface area contributed by atoms with E-state index in [1.54, 1.807) is 0 Å². The summed E-state index contributed by atoms with van der Waals surface area (Å²) in [6, 6.07) is 9.18. The van der Waals surface area contributed by atoms with Crippen LogP contribution in [0.5, 0.6) is 0 Å². The Morgan fingerprint density at radius 1 is 1.33 bits per heavy atom. The summed E-state index contributed by atoms with van der Waals surface area (Å²) in [5.74, 6) is 1.19. The predicted molar refractivity (Wildman–Crippen MR) is 82.4 cm³/mol. The molecule has 112 valence electrons. The first-order valence-electron chi connectivity index (χ1n) is 7.66. The molecule has 0 amide bonds. The maximum absolute atomic E-state index is 5.65. The summed E-state index contributed by atoms with van der Waals surface area (Å²) >= 11 is 0. The van der Waals surface area contributed by atoms with Gasteiger partial charge in [-0.25, -0.2) is 0 Å². The highest BCUT2D eigenvalue weighted by Crippen LogP contribution is 2.34. The largest absolute Gasteiger partial charge is 0.406 e. The molecule has 0 aliphatic heterocycles. The molecule has 1 aromatic heterocycles. The Labute approximate surface area is 125 Å². The number of benzene rings is 1.